The van der Waals surface area contributed by atoms with Gasteiger partial charge >= 0.3 is 6.09 Å². The Hall–Kier alpha value is -2.75. The fourth-order valence-corrected chi connectivity index (χ4v) is 4.38. The van der Waals surface area contributed by atoms with Crippen LogP contribution in [0.2, 0.25) is 0 Å². The summed E-state index contributed by atoms with van der Waals surface area (Å²) >= 11 is 0. The topological polar surface area (TPSA) is 38.8 Å². The molecule has 4 nitrogen and oxygen atoms in total. The highest BCUT2D eigenvalue weighted by molar-refractivity contribution is 5.76. The molecule has 4 rings (SSSR count). The van der Waals surface area contributed by atoms with Crippen LogP contribution in [0.3, 0.4) is 0 Å². The van der Waals surface area contributed by atoms with E-state index in [1.54, 1.807) is 7.11 Å². The van der Waals surface area contributed by atoms with Crippen molar-refractivity contribution in [3.8, 4) is 5.75 Å². The summed E-state index contributed by atoms with van der Waals surface area (Å²) in [5.74, 6) is 0.872. The molecule has 2 bridgehead atoms. The maximum atomic E-state index is 12.9. The Morgan fingerprint density at radius 1 is 1.14 bits per heavy atom. The van der Waals surface area contributed by atoms with E-state index in [1.165, 1.54) is 16.7 Å². The second kappa shape index (κ2) is 8.09. The number of benzene rings is 2. The van der Waals surface area contributed by atoms with Gasteiger partial charge in [-0.3, -0.25) is 4.90 Å². The minimum atomic E-state index is -0.198. The number of hydrogen-bond acceptors (Lipinski definition) is 3. The standard InChI is InChI=1S/C24H27NO3/c1-17-11-12-22(27-2)15-23(17)19-13-20-9-6-10-21(14-19)25(20)24(26)28-16-18-7-4-3-5-8-18/h3-5,7-8,11-13,15,20-21H,6,9-10,14,16H2,1-2H3. The third-order valence-corrected chi connectivity index (χ3v) is 5.84. The Labute approximate surface area is 166 Å². The van der Waals surface area contributed by atoms with Crippen molar-refractivity contribution >= 4 is 11.7 Å². The van der Waals surface area contributed by atoms with Crippen molar-refractivity contribution in [1.29, 1.82) is 0 Å². The van der Waals surface area contributed by atoms with E-state index in [1.807, 2.05) is 41.3 Å². The Kier molecular flexibility index (Phi) is 5.38. The lowest BCUT2D eigenvalue weighted by atomic mass is 9.82. The molecule has 4 heteroatoms. The molecule has 2 aromatic rings. The Balaban J connectivity index is 1.53. The summed E-state index contributed by atoms with van der Waals surface area (Å²) in [4.78, 5) is 14.8. The van der Waals surface area contributed by atoms with Gasteiger partial charge in [0.2, 0.25) is 0 Å². The monoisotopic (exact) mass is 377 g/mol. The van der Waals surface area contributed by atoms with Crippen molar-refractivity contribution in [1.82, 2.24) is 4.90 Å². The zero-order valence-electron chi connectivity index (χ0n) is 16.6. The number of ether oxygens (including phenoxy) is 2. The van der Waals surface area contributed by atoms with Gasteiger partial charge in [0.1, 0.15) is 12.4 Å². The van der Waals surface area contributed by atoms with E-state index in [9.17, 15) is 4.79 Å². The predicted molar refractivity (Wildman–Crippen MR) is 110 cm³/mol. The van der Waals surface area contributed by atoms with Crippen LogP contribution in [0.1, 0.15) is 42.4 Å². The van der Waals surface area contributed by atoms with E-state index in [0.717, 1.165) is 37.0 Å². The van der Waals surface area contributed by atoms with E-state index >= 15 is 0 Å². The fraction of sp³-hybridized carbons (Fsp3) is 0.375. The third kappa shape index (κ3) is 3.77. The Morgan fingerprint density at radius 3 is 2.71 bits per heavy atom. The molecule has 0 radical (unpaired) electrons. The number of carbonyl (C=O) groups excluding carboxylic acids is 1. The van der Waals surface area contributed by atoms with Crippen LogP contribution >= 0.6 is 0 Å². The molecule has 28 heavy (non-hydrogen) atoms. The maximum Gasteiger partial charge on any atom is 0.410 e. The van der Waals surface area contributed by atoms with Gasteiger partial charge in [-0.1, -0.05) is 42.5 Å². The molecule has 0 aliphatic carbocycles. The summed E-state index contributed by atoms with van der Waals surface area (Å²) in [7, 11) is 1.70. The van der Waals surface area contributed by atoms with Gasteiger partial charge in [0.15, 0.2) is 0 Å². The average molecular weight is 377 g/mol. The molecule has 0 spiro atoms. The average Bonchev–Trinajstić information content (AvgIpc) is 2.72. The SMILES string of the molecule is COc1ccc(C)c(C2=CC3CCCC(C2)N3C(=O)OCc2ccccc2)c1. The molecule has 2 heterocycles. The largest absolute Gasteiger partial charge is 0.497 e. The van der Waals surface area contributed by atoms with Gasteiger partial charge in [-0.2, -0.15) is 0 Å². The minimum Gasteiger partial charge on any atom is -0.497 e. The van der Waals surface area contributed by atoms with Crippen LogP contribution in [0.15, 0.2) is 54.6 Å². The van der Waals surface area contributed by atoms with E-state index in [2.05, 4.69) is 25.1 Å². The van der Waals surface area contributed by atoms with E-state index in [0.29, 0.717) is 6.61 Å². The molecule has 2 atom stereocenters. The van der Waals surface area contributed by atoms with Crippen LogP contribution in [0.25, 0.3) is 5.57 Å². The van der Waals surface area contributed by atoms with Gasteiger partial charge in [-0.25, -0.2) is 4.79 Å². The smallest absolute Gasteiger partial charge is 0.410 e. The van der Waals surface area contributed by atoms with Gasteiger partial charge in [0.25, 0.3) is 0 Å². The first kappa shape index (κ1) is 18.6. The lowest BCUT2D eigenvalue weighted by Gasteiger charge is -2.44. The van der Waals surface area contributed by atoms with Gasteiger partial charge in [0.05, 0.1) is 13.2 Å². The first-order valence-electron chi connectivity index (χ1n) is 10.0. The Morgan fingerprint density at radius 2 is 1.96 bits per heavy atom. The fourth-order valence-electron chi connectivity index (χ4n) is 4.38. The van der Waals surface area contributed by atoms with Crippen LogP contribution in [0, 0.1) is 6.92 Å². The zero-order valence-corrected chi connectivity index (χ0v) is 16.6. The van der Waals surface area contributed by atoms with Crippen molar-refractivity contribution in [2.75, 3.05) is 7.11 Å². The molecule has 1 saturated heterocycles. The summed E-state index contributed by atoms with van der Waals surface area (Å²) in [6.07, 6.45) is 6.10. The summed E-state index contributed by atoms with van der Waals surface area (Å²) in [5.41, 5.74) is 4.80. The lowest BCUT2D eigenvalue weighted by molar-refractivity contribution is 0.0510. The molecule has 0 saturated carbocycles. The van der Waals surface area contributed by atoms with Gasteiger partial charge in [-0.15, -0.1) is 0 Å². The molecule has 0 aromatic heterocycles. The van der Waals surface area contributed by atoms with Gasteiger partial charge in [-0.05, 0) is 67.0 Å². The van der Waals surface area contributed by atoms with Crippen molar-refractivity contribution < 1.29 is 14.3 Å². The number of piperidine rings is 1. The quantitative estimate of drug-likeness (QED) is 0.721. The first-order chi connectivity index (χ1) is 13.7. The summed E-state index contributed by atoms with van der Waals surface area (Å²) < 4.78 is 11.1. The second-order valence-electron chi connectivity index (χ2n) is 7.68. The minimum absolute atomic E-state index is 0.108. The molecule has 1 fully saturated rings. The molecule has 0 N–H and O–H groups in total. The highest BCUT2D eigenvalue weighted by Crippen LogP contribution is 2.39. The van der Waals surface area contributed by atoms with Gasteiger partial charge < -0.3 is 9.47 Å². The molecule has 2 aliphatic heterocycles. The second-order valence-corrected chi connectivity index (χ2v) is 7.68. The number of methoxy groups -OCH3 is 1. The van der Waals surface area contributed by atoms with Crippen LogP contribution in [0.5, 0.6) is 5.75 Å². The normalized spacial score (nSPS) is 21.1. The lowest BCUT2D eigenvalue weighted by Crippen LogP contribution is -2.51. The molecule has 146 valence electrons. The highest BCUT2D eigenvalue weighted by Gasteiger charge is 2.38. The zero-order chi connectivity index (χ0) is 19.5. The number of fused-ring (bicyclic) bond motifs is 2. The number of amides is 1. The van der Waals surface area contributed by atoms with Crippen LogP contribution in [-0.4, -0.2) is 30.2 Å². The van der Waals surface area contributed by atoms with Crippen LogP contribution < -0.4 is 4.74 Å². The molecular weight excluding hydrogens is 350 g/mol. The molecule has 2 aliphatic rings. The van der Waals surface area contributed by atoms with E-state index < -0.39 is 0 Å². The molecule has 1 amide bonds. The molecule has 2 aromatic carbocycles. The van der Waals surface area contributed by atoms with Crippen molar-refractivity contribution in [2.24, 2.45) is 0 Å². The van der Waals surface area contributed by atoms with Crippen molar-refractivity contribution in [3.63, 3.8) is 0 Å². The van der Waals surface area contributed by atoms with E-state index in [4.69, 9.17) is 9.47 Å². The van der Waals surface area contributed by atoms with Crippen LogP contribution in [0.4, 0.5) is 4.79 Å². The Bertz CT molecular complexity index is 875. The number of hydrogen-bond donors (Lipinski definition) is 0. The summed E-state index contributed by atoms with van der Waals surface area (Å²) in [5, 5.41) is 0. The number of nitrogens with zero attached hydrogens (tertiary/aromatic N) is 1. The van der Waals surface area contributed by atoms with Crippen molar-refractivity contribution in [3.05, 3.63) is 71.3 Å². The summed E-state index contributed by atoms with van der Waals surface area (Å²) in [6, 6.07) is 16.4. The molecular formula is C24H27NO3. The van der Waals surface area contributed by atoms with E-state index in [-0.39, 0.29) is 18.2 Å². The van der Waals surface area contributed by atoms with Crippen LogP contribution in [-0.2, 0) is 11.3 Å². The number of rotatable bonds is 4. The maximum absolute atomic E-state index is 12.9. The summed E-state index contributed by atoms with van der Waals surface area (Å²) in [6.45, 7) is 2.45. The number of aryl methyl sites for hydroxylation is 1. The van der Waals surface area contributed by atoms with Gasteiger partial charge in [0, 0.05) is 6.04 Å². The highest BCUT2D eigenvalue weighted by atomic mass is 16.6. The predicted octanol–water partition coefficient (Wildman–Crippen LogP) is 5.35. The first-order valence-corrected chi connectivity index (χ1v) is 10.0. The van der Waals surface area contributed by atoms with Crippen molar-refractivity contribution in [2.45, 2.75) is 51.3 Å². The third-order valence-electron chi connectivity index (χ3n) is 5.84. The molecule has 2 unspecified atom stereocenters. The number of carbonyl (C=O) groups is 1.